The number of aromatic nitrogens is 4. The van der Waals surface area contributed by atoms with Gasteiger partial charge in [0.05, 0.1) is 11.7 Å². The second-order valence-electron chi connectivity index (χ2n) is 7.60. The van der Waals surface area contributed by atoms with Crippen molar-refractivity contribution in [2.45, 2.75) is 51.7 Å². The molecule has 0 aliphatic carbocycles. The summed E-state index contributed by atoms with van der Waals surface area (Å²) in [6.07, 6.45) is 8.10. The van der Waals surface area contributed by atoms with Crippen LogP contribution < -0.4 is 15.5 Å². The first-order valence-electron chi connectivity index (χ1n) is 8.98. The molecule has 1 aliphatic rings. The monoisotopic (exact) mass is 343 g/mol. The maximum absolute atomic E-state index is 4.46. The zero-order valence-corrected chi connectivity index (χ0v) is 15.7. The Hall–Kier alpha value is -2.15. The predicted molar refractivity (Wildman–Crippen MR) is 101 cm³/mol. The molecule has 1 aliphatic heterocycles. The van der Waals surface area contributed by atoms with Crippen LogP contribution in [0.15, 0.2) is 24.8 Å². The fourth-order valence-corrected chi connectivity index (χ4v) is 3.19. The summed E-state index contributed by atoms with van der Waals surface area (Å²) in [6, 6.07) is 2.49. The maximum atomic E-state index is 4.46. The van der Waals surface area contributed by atoms with Crippen LogP contribution in [0.4, 0.5) is 11.6 Å². The van der Waals surface area contributed by atoms with E-state index in [2.05, 4.69) is 57.6 Å². The van der Waals surface area contributed by atoms with Crippen LogP contribution in [0.25, 0.3) is 0 Å². The van der Waals surface area contributed by atoms with E-state index in [1.807, 2.05) is 24.0 Å². The van der Waals surface area contributed by atoms with E-state index in [9.17, 15) is 0 Å². The molecule has 0 radical (unpaired) electrons. The fraction of sp³-hybridized carbons (Fsp3) is 0.611. The molecule has 1 fully saturated rings. The van der Waals surface area contributed by atoms with E-state index in [4.69, 9.17) is 0 Å². The summed E-state index contributed by atoms with van der Waals surface area (Å²) >= 11 is 0. The number of hydrogen-bond donors (Lipinski definition) is 2. The molecule has 0 amide bonds. The summed E-state index contributed by atoms with van der Waals surface area (Å²) in [6.45, 7) is 9.32. The zero-order valence-electron chi connectivity index (χ0n) is 15.7. The number of anilines is 2. The molecule has 1 atom stereocenters. The molecule has 0 aromatic carbocycles. The summed E-state index contributed by atoms with van der Waals surface area (Å²) < 4.78 is 2.02. The molecule has 136 valence electrons. The average molecular weight is 343 g/mol. The highest BCUT2D eigenvalue weighted by atomic mass is 15.3. The highest BCUT2D eigenvalue weighted by Crippen LogP contribution is 2.24. The molecular weight excluding hydrogens is 314 g/mol. The minimum Gasteiger partial charge on any atom is -0.373 e. The second-order valence-corrected chi connectivity index (χ2v) is 7.60. The van der Waals surface area contributed by atoms with Crippen molar-refractivity contribution in [3.63, 3.8) is 0 Å². The molecule has 1 saturated heterocycles. The lowest BCUT2D eigenvalue weighted by atomic mass is 10.1. The van der Waals surface area contributed by atoms with Crippen LogP contribution in [0.5, 0.6) is 0 Å². The lowest BCUT2D eigenvalue weighted by Crippen LogP contribution is -2.38. The summed E-state index contributed by atoms with van der Waals surface area (Å²) in [5.41, 5.74) is 1.25. The van der Waals surface area contributed by atoms with Crippen molar-refractivity contribution in [2.75, 3.05) is 30.4 Å². The summed E-state index contributed by atoms with van der Waals surface area (Å²) in [7, 11) is 1.88. The third kappa shape index (κ3) is 4.28. The van der Waals surface area contributed by atoms with E-state index < -0.39 is 0 Å². The molecule has 0 spiro atoms. The van der Waals surface area contributed by atoms with Gasteiger partial charge in [0.15, 0.2) is 0 Å². The third-order valence-electron chi connectivity index (χ3n) is 4.61. The van der Waals surface area contributed by atoms with Crippen LogP contribution in [-0.2, 0) is 12.1 Å². The Labute approximate surface area is 149 Å². The van der Waals surface area contributed by atoms with Crippen molar-refractivity contribution in [2.24, 2.45) is 0 Å². The number of nitrogens with zero attached hydrogens (tertiary/aromatic N) is 5. The molecule has 3 rings (SSSR count). The number of rotatable bonds is 6. The van der Waals surface area contributed by atoms with Crippen molar-refractivity contribution in [1.82, 2.24) is 25.1 Å². The molecule has 7 nitrogen and oxygen atoms in total. The van der Waals surface area contributed by atoms with E-state index in [1.165, 1.54) is 18.4 Å². The Morgan fingerprint density at radius 1 is 1.28 bits per heavy atom. The van der Waals surface area contributed by atoms with Crippen molar-refractivity contribution in [3.05, 3.63) is 30.4 Å². The Morgan fingerprint density at radius 2 is 2.12 bits per heavy atom. The first-order chi connectivity index (χ1) is 12.0. The summed E-state index contributed by atoms with van der Waals surface area (Å²) in [5.74, 6) is 1.86. The quantitative estimate of drug-likeness (QED) is 0.838. The van der Waals surface area contributed by atoms with Gasteiger partial charge in [0.2, 0.25) is 0 Å². The van der Waals surface area contributed by atoms with Gasteiger partial charge in [-0.1, -0.05) is 0 Å². The molecule has 2 aromatic rings. The molecule has 3 heterocycles. The normalized spacial score (nSPS) is 17.9. The Bertz CT molecular complexity index is 689. The van der Waals surface area contributed by atoms with Crippen LogP contribution in [0.2, 0.25) is 0 Å². The molecule has 2 N–H and O–H groups in total. The Morgan fingerprint density at radius 3 is 2.84 bits per heavy atom. The Kier molecular flexibility index (Phi) is 5.22. The zero-order chi connectivity index (χ0) is 17.9. The van der Waals surface area contributed by atoms with Gasteiger partial charge in [-0.2, -0.15) is 5.10 Å². The van der Waals surface area contributed by atoms with Crippen LogP contribution in [0, 0.1) is 0 Å². The van der Waals surface area contributed by atoms with E-state index in [0.717, 1.165) is 31.3 Å². The van der Waals surface area contributed by atoms with Crippen LogP contribution >= 0.6 is 0 Å². The van der Waals surface area contributed by atoms with Gasteiger partial charge in [-0.3, -0.25) is 4.68 Å². The standard InChI is InChI=1S/C18H29N7/c1-18(2,3)25-12-14(10-23-25)9-20-11-15-6-5-7-24(15)17-8-16(19-4)21-13-22-17/h8,10,12-13,15,20H,5-7,9,11H2,1-4H3,(H,19,21,22). The molecule has 7 heteroatoms. The van der Waals surface area contributed by atoms with Crippen LogP contribution in [-0.4, -0.2) is 45.9 Å². The summed E-state index contributed by atoms with van der Waals surface area (Å²) in [5, 5.41) is 11.1. The van der Waals surface area contributed by atoms with Gasteiger partial charge in [0.25, 0.3) is 0 Å². The summed E-state index contributed by atoms with van der Waals surface area (Å²) in [4.78, 5) is 11.0. The maximum Gasteiger partial charge on any atom is 0.134 e. The first-order valence-corrected chi connectivity index (χ1v) is 8.98. The average Bonchev–Trinajstić information content (AvgIpc) is 3.24. The van der Waals surface area contributed by atoms with Crippen molar-refractivity contribution in [1.29, 1.82) is 0 Å². The number of nitrogens with one attached hydrogen (secondary N) is 2. The molecule has 1 unspecified atom stereocenters. The molecule has 0 saturated carbocycles. The SMILES string of the molecule is CNc1cc(N2CCCC2CNCc2cnn(C(C)(C)C)c2)ncn1. The largest absolute Gasteiger partial charge is 0.373 e. The van der Waals surface area contributed by atoms with Crippen LogP contribution in [0.1, 0.15) is 39.2 Å². The van der Waals surface area contributed by atoms with Crippen molar-refractivity contribution in [3.8, 4) is 0 Å². The van der Waals surface area contributed by atoms with E-state index in [0.29, 0.717) is 6.04 Å². The smallest absolute Gasteiger partial charge is 0.134 e. The van der Waals surface area contributed by atoms with Gasteiger partial charge in [-0.25, -0.2) is 9.97 Å². The fourth-order valence-electron chi connectivity index (χ4n) is 3.19. The lowest BCUT2D eigenvalue weighted by molar-refractivity contribution is 0.355. The van der Waals surface area contributed by atoms with Gasteiger partial charge >= 0.3 is 0 Å². The third-order valence-corrected chi connectivity index (χ3v) is 4.61. The van der Waals surface area contributed by atoms with E-state index in [1.54, 1.807) is 6.33 Å². The lowest BCUT2D eigenvalue weighted by Gasteiger charge is -2.26. The molecule has 0 bridgehead atoms. The topological polar surface area (TPSA) is 70.9 Å². The van der Waals surface area contributed by atoms with E-state index in [-0.39, 0.29) is 5.54 Å². The van der Waals surface area contributed by atoms with Crippen LogP contribution in [0.3, 0.4) is 0 Å². The van der Waals surface area contributed by atoms with E-state index >= 15 is 0 Å². The van der Waals surface area contributed by atoms with Crippen molar-refractivity contribution >= 4 is 11.6 Å². The molecule has 2 aromatic heterocycles. The number of hydrogen-bond acceptors (Lipinski definition) is 6. The predicted octanol–water partition coefficient (Wildman–Crippen LogP) is 2.23. The molecular formula is C18H29N7. The molecule has 25 heavy (non-hydrogen) atoms. The first kappa shape index (κ1) is 17.7. The Balaban J connectivity index is 1.56. The highest BCUT2D eigenvalue weighted by molar-refractivity contribution is 5.49. The minimum atomic E-state index is 0.0263. The minimum absolute atomic E-state index is 0.0263. The van der Waals surface area contributed by atoms with Gasteiger partial charge in [-0.05, 0) is 33.6 Å². The van der Waals surface area contributed by atoms with Gasteiger partial charge in [0.1, 0.15) is 18.0 Å². The van der Waals surface area contributed by atoms with Gasteiger partial charge in [-0.15, -0.1) is 0 Å². The van der Waals surface area contributed by atoms with Crippen molar-refractivity contribution < 1.29 is 0 Å². The van der Waals surface area contributed by atoms with Gasteiger partial charge in [0, 0.05) is 50.6 Å². The van der Waals surface area contributed by atoms with Gasteiger partial charge < -0.3 is 15.5 Å². The second kappa shape index (κ2) is 7.39. The highest BCUT2D eigenvalue weighted by Gasteiger charge is 2.25.